The molecule has 94 valence electrons. The first-order valence-electron chi connectivity index (χ1n) is 6.22. The van der Waals surface area contributed by atoms with Gasteiger partial charge in [-0.05, 0) is 40.3 Å². The van der Waals surface area contributed by atoms with Crippen molar-refractivity contribution in [2.24, 2.45) is 0 Å². The van der Waals surface area contributed by atoms with E-state index in [2.05, 4.69) is 29.4 Å². The molecule has 1 rings (SSSR count). The van der Waals surface area contributed by atoms with Crippen molar-refractivity contribution in [2.45, 2.75) is 45.2 Å². The molecule has 1 fully saturated rings. The predicted octanol–water partition coefficient (Wildman–Crippen LogP) is 0.585. The van der Waals surface area contributed by atoms with Crippen LogP contribution in [0.5, 0.6) is 0 Å². The van der Waals surface area contributed by atoms with Gasteiger partial charge < -0.3 is 15.5 Å². The quantitative estimate of drug-likeness (QED) is 0.738. The minimum absolute atomic E-state index is 0.0200. The molecular weight excluding hydrogens is 202 g/mol. The Hall–Kier alpha value is -0.610. The molecule has 0 aromatic heterocycles. The van der Waals surface area contributed by atoms with E-state index in [0.717, 1.165) is 32.5 Å². The van der Waals surface area contributed by atoms with Gasteiger partial charge >= 0.3 is 0 Å². The fourth-order valence-corrected chi connectivity index (χ4v) is 2.02. The molecule has 1 saturated heterocycles. The first-order valence-corrected chi connectivity index (χ1v) is 6.22. The number of rotatable bonds is 4. The fraction of sp³-hybridized carbons (Fsp3) is 0.917. The van der Waals surface area contributed by atoms with Crippen molar-refractivity contribution < 1.29 is 4.79 Å². The summed E-state index contributed by atoms with van der Waals surface area (Å²) < 4.78 is 0. The number of nitrogens with one attached hydrogen (secondary N) is 2. The molecule has 16 heavy (non-hydrogen) atoms. The summed E-state index contributed by atoms with van der Waals surface area (Å²) in [6.45, 7) is 9.50. The van der Waals surface area contributed by atoms with Gasteiger partial charge in [0, 0.05) is 18.6 Å². The Morgan fingerprint density at radius 1 is 1.44 bits per heavy atom. The molecule has 4 nitrogen and oxygen atoms in total. The van der Waals surface area contributed by atoms with E-state index in [-0.39, 0.29) is 17.5 Å². The monoisotopic (exact) mass is 227 g/mol. The lowest BCUT2D eigenvalue weighted by Crippen LogP contribution is -2.56. The number of carbonyl (C=O) groups is 1. The summed E-state index contributed by atoms with van der Waals surface area (Å²) in [5, 5.41) is 6.13. The van der Waals surface area contributed by atoms with E-state index in [0.29, 0.717) is 0 Å². The van der Waals surface area contributed by atoms with Crippen LogP contribution in [-0.2, 0) is 4.79 Å². The number of hydrogen-bond acceptors (Lipinski definition) is 3. The van der Waals surface area contributed by atoms with E-state index in [1.165, 1.54) is 0 Å². The summed E-state index contributed by atoms with van der Waals surface area (Å²) in [5.74, 6) is 0.106. The minimum Gasteiger partial charge on any atom is -0.350 e. The van der Waals surface area contributed by atoms with Crippen LogP contribution in [0.3, 0.4) is 0 Å². The van der Waals surface area contributed by atoms with Crippen LogP contribution in [0.4, 0.5) is 0 Å². The zero-order chi connectivity index (χ0) is 12.2. The van der Waals surface area contributed by atoms with Gasteiger partial charge in [0.05, 0.1) is 6.04 Å². The van der Waals surface area contributed by atoms with E-state index in [9.17, 15) is 4.79 Å². The molecule has 4 heteroatoms. The first kappa shape index (κ1) is 13.5. The molecule has 0 radical (unpaired) electrons. The molecule has 1 atom stereocenters. The maximum Gasteiger partial charge on any atom is 0.237 e. The Balaban J connectivity index is 2.44. The van der Waals surface area contributed by atoms with Gasteiger partial charge in [0.2, 0.25) is 5.91 Å². The second kappa shape index (κ2) is 5.64. The van der Waals surface area contributed by atoms with Crippen LogP contribution in [0.25, 0.3) is 0 Å². The summed E-state index contributed by atoms with van der Waals surface area (Å²) in [6.07, 6.45) is 2.09. The standard InChI is InChI=1S/C12H25N3O/c1-5-15-8-6-12(3,7-9-15)14-11(16)10(2)13-4/h10,13H,5-9H2,1-4H3,(H,14,16). The molecule has 0 bridgehead atoms. The minimum atomic E-state index is -0.110. The van der Waals surface area contributed by atoms with E-state index in [4.69, 9.17) is 0 Å². The first-order chi connectivity index (χ1) is 7.50. The highest BCUT2D eigenvalue weighted by Gasteiger charge is 2.31. The molecule has 2 N–H and O–H groups in total. The summed E-state index contributed by atoms with van der Waals surface area (Å²) >= 11 is 0. The van der Waals surface area contributed by atoms with Gasteiger partial charge in [0.25, 0.3) is 0 Å². The van der Waals surface area contributed by atoms with Crippen molar-refractivity contribution in [1.29, 1.82) is 0 Å². The van der Waals surface area contributed by atoms with Crippen molar-refractivity contribution in [3.63, 3.8) is 0 Å². The molecule has 1 amide bonds. The second-order valence-electron chi connectivity index (χ2n) is 4.99. The van der Waals surface area contributed by atoms with E-state index < -0.39 is 0 Å². The highest BCUT2D eigenvalue weighted by Crippen LogP contribution is 2.21. The highest BCUT2D eigenvalue weighted by molar-refractivity contribution is 5.81. The molecule has 0 aromatic rings. The van der Waals surface area contributed by atoms with Gasteiger partial charge in [-0.2, -0.15) is 0 Å². The molecular formula is C12H25N3O. The molecule has 0 saturated carbocycles. The number of likely N-dealkylation sites (N-methyl/N-ethyl adjacent to an activating group) is 1. The number of hydrogen-bond donors (Lipinski definition) is 2. The van der Waals surface area contributed by atoms with E-state index in [1.54, 1.807) is 0 Å². The Bertz CT molecular complexity index is 234. The van der Waals surface area contributed by atoms with Crippen molar-refractivity contribution >= 4 is 5.91 Å². The van der Waals surface area contributed by atoms with Gasteiger partial charge in [0.1, 0.15) is 0 Å². The normalized spacial score (nSPS) is 22.8. The maximum atomic E-state index is 11.8. The predicted molar refractivity (Wildman–Crippen MR) is 66.4 cm³/mol. The van der Waals surface area contributed by atoms with Gasteiger partial charge in [-0.3, -0.25) is 4.79 Å². The lowest BCUT2D eigenvalue weighted by Gasteiger charge is -2.40. The second-order valence-corrected chi connectivity index (χ2v) is 4.99. The number of amides is 1. The van der Waals surface area contributed by atoms with Gasteiger partial charge in [-0.1, -0.05) is 6.92 Å². The smallest absolute Gasteiger partial charge is 0.237 e. The molecule has 0 aromatic carbocycles. The Kier molecular flexibility index (Phi) is 4.74. The van der Waals surface area contributed by atoms with Crippen LogP contribution in [-0.4, -0.2) is 49.1 Å². The Morgan fingerprint density at radius 3 is 2.44 bits per heavy atom. The summed E-state index contributed by atoms with van der Waals surface area (Å²) in [4.78, 5) is 14.2. The summed E-state index contributed by atoms with van der Waals surface area (Å²) in [5.41, 5.74) is -0.0200. The Labute approximate surface area is 98.8 Å². The average Bonchev–Trinajstić information content (AvgIpc) is 2.28. The molecule has 1 heterocycles. The van der Waals surface area contributed by atoms with Crippen LogP contribution in [0.15, 0.2) is 0 Å². The maximum absolute atomic E-state index is 11.8. The number of piperidine rings is 1. The third-order valence-corrected chi connectivity index (χ3v) is 3.66. The summed E-state index contributed by atoms with van der Waals surface area (Å²) in [6, 6.07) is -0.110. The Morgan fingerprint density at radius 2 is 2.00 bits per heavy atom. The van der Waals surface area contributed by atoms with Crippen molar-refractivity contribution in [3.05, 3.63) is 0 Å². The molecule has 1 aliphatic rings. The van der Waals surface area contributed by atoms with Crippen LogP contribution >= 0.6 is 0 Å². The zero-order valence-electron chi connectivity index (χ0n) is 11.0. The van der Waals surface area contributed by atoms with Crippen molar-refractivity contribution in [1.82, 2.24) is 15.5 Å². The van der Waals surface area contributed by atoms with Crippen molar-refractivity contribution in [2.75, 3.05) is 26.7 Å². The fourth-order valence-electron chi connectivity index (χ4n) is 2.02. The average molecular weight is 227 g/mol. The molecule has 1 unspecified atom stereocenters. The lowest BCUT2D eigenvalue weighted by atomic mass is 9.89. The molecule has 0 spiro atoms. The van der Waals surface area contributed by atoms with Crippen molar-refractivity contribution in [3.8, 4) is 0 Å². The van der Waals surface area contributed by atoms with Gasteiger partial charge in [-0.15, -0.1) is 0 Å². The van der Waals surface area contributed by atoms with Crippen LogP contribution in [0, 0.1) is 0 Å². The largest absolute Gasteiger partial charge is 0.350 e. The van der Waals surface area contributed by atoms with Crippen LogP contribution in [0.1, 0.15) is 33.6 Å². The number of nitrogens with zero attached hydrogens (tertiary/aromatic N) is 1. The lowest BCUT2D eigenvalue weighted by molar-refractivity contribution is -0.125. The van der Waals surface area contributed by atoms with Gasteiger partial charge in [-0.25, -0.2) is 0 Å². The van der Waals surface area contributed by atoms with E-state index in [1.807, 2.05) is 14.0 Å². The van der Waals surface area contributed by atoms with Gasteiger partial charge in [0.15, 0.2) is 0 Å². The van der Waals surface area contributed by atoms with E-state index >= 15 is 0 Å². The summed E-state index contributed by atoms with van der Waals surface area (Å²) in [7, 11) is 1.81. The van der Waals surface area contributed by atoms with Crippen LogP contribution < -0.4 is 10.6 Å². The zero-order valence-corrected chi connectivity index (χ0v) is 11.0. The highest BCUT2D eigenvalue weighted by atomic mass is 16.2. The number of carbonyl (C=O) groups excluding carboxylic acids is 1. The molecule has 1 aliphatic heterocycles. The van der Waals surface area contributed by atoms with Crippen LogP contribution in [0.2, 0.25) is 0 Å². The SMILES string of the molecule is CCN1CCC(C)(NC(=O)C(C)NC)CC1. The third-order valence-electron chi connectivity index (χ3n) is 3.66. The third kappa shape index (κ3) is 3.46. The molecule has 0 aliphatic carbocycles. The number of likely N-dealkylation sites (tertiary alicyclic amines) is 1. The topological polar surface area (TPSA) is 44.4 Å².